The number of hydrogen-bond donors (Lipinski definition) is 2. The summed E-state index contributed by atoms with van der Waals surface area (Å²) in [6.45, 7) is 0. The van der Waals surface area contributed by atoms with E-state index in [1.807, 2.05) is 36.4 Å². The molecule has 11 heteroatoms. The van der Waals surface area contributed by atoms with Gasteiger partial charge in [0, 0.05) is 17.7 Å². The average molecular weight is 540 g/mol. The molecule has 10 nitrogen and oxygen atoms in total. The van der Waals surface area contributed by atoms with Gasteiger partial charge in [0.05, 0.1) is 57.7 Å². The molecule has 3 aromatic carbocycles. The standard InChI is InChI=1S/C27H29N5O5.ClH/c1-34-23-11-10-18(13-21(23)30-27(33)20(28)12-17-8-6-5-7-9-17)22-16-29-31-32(22)19-14-24(35-2)26(37-4)25(15-19)36-3;/h5-11,13-16,20H,12,28H2,1-4H3,(H,30,33);1H. The van der Waals surface area contributed by atoms with Gasteiger partial charge in [-0.25, -0.2) is 4.68 Å². The van der Waals surface area contributed by atoms with E-state index in [4.69, 9.17) is 24.7 Å². The van der Waals surface area contributed by atoms with Gasteiger partial charge in [-0.3, -0.25) is 4.79 Å². The van der Waals surface area contributed by atoms with Crippen LogP contribution >= 0.6 is 12.4 Å². The summed E-state index contributed by atoms with van der Waals surface area (Å²) >= 11 is 0. The molecule has 0 fully saturated rings. The van der Waals surface area contributed by atoms with Crippen LogP contribution in [0.3, 0.4) is 0 Å². The highest BCUT2D eigenvalue weighted by molar-refractivity contribution is 5.96. The Bertz CT molecular complexity index is 1350. The number of aromatic nitrogens is 3. The van der Waals surface area contributed by atoms with Crippen LogP contribution < -0.4 is 30.0 Å². The van der Waals surface area contributed by atoms with Gasteiger partial charge in [0.1, 0.15) is 5.75 Å². The predicted octanol–water partition coefficient (Wildman–Crippen LogP) is 3.90. The van der Waals surface area contributed by atoms with E-state index in [0.717, 1.165) is 11.1 Å². The number of rotatable bonds is 10. The number of benzene rings is 3. The van der Waals surface area contributed by atoms with Crippen molar-refractivity contribution in [1.82, 2.24) is 15.0 Å². The van der Waals surface area contributed by atoms with Crippen molar-refractivity contribution in [1.29, 1.82) is 0 Å². The first-order valence-corrected chi connectivity index (χ1v) is 11.5. The molecule has 1 unspecified atom stereocenters. The number of anilines is 1. The van der Waals surface area contributed by atoms with Crippen molar-refractivity contribution in [2.45, 2.75) is 12.5 Å². The summed E-state index contributed by atoms with van der Waals surface area (Å²) in [7, 11) is 6.17. The van der Waals surface area contributed by atoms with E-state index in [1.165, 1.54) is 7.11 Å². The topological polar surface area (TPSA) is 123 Å². The van der Waals surface area contributed by atoms with Crippen molar-refractivity contribution in [3.63, 3.8) is 0 Å². The number of amides is 1. The van der Waals surface area contributed by atoms with E-state index in [1.54, 1.807) is 56.5 Å². The summed E-state index contributed by atoms with van der Waals surface area (Å²) in [6, 6.07) is 17.8. The average Bonchev–Trinajstić information content (AvgIpc) is 3.42. The van der Waals surface area contributed by atoms with Gasteiger partial charge in [-0.15, -0.1) is 17.5 Å². The highest BCUT2D eigenvalue weighted by Crippen LogP contribution is 2.40. The summed E-state index contributed by atoms with van der Waals surface area (Å²) in [5.74, 6) is 1.60. The van der Waals surface area contributed by atoms with Crippen LogP contribution in [0.15, 0.2) is 66.9 Å². The Morgan fingerprint density at radius 2 is 1.58 bits per heavy atom. The summed E-state index contributed by atoms with van der Waals surface area (Å²) in [6.07, 6.45) is 2.03. The lowest BCUT2D eigenvalue weighted by molar-refractivity contribution is -0.117. The van der Waals surface area contributed by atoms with Gasteiger partial charge in [0.2, 0.25) is 11.7 Å². The fourth-order valence-electron chi connectivity index (χ4n) is 3.96. The minimum atomic E-state index is -0.734. The molecule has 1 heterocycles. The van der Waals surface area contributed by atoms with Crippen LogP contribution in [-0.2, 0) is 11.2 Å². The predicted molar refractivity (Wildman–Crippen MR) is 147 cm³/mol. The number of ether oxygens (including phenoxy) is 4. The SMILES string of the molecule is COc1ccc(-c2cnnn2-c2cc(OC)c(OC)c(OC)c2)cc1NC(=O)C(N)Cc1ccccc1.Cl. The second-order valence-corrected chi connectivity index (χ2v) is 8.12. The minimum Gasteiger partial charge on any atom is -0.495 e. The molecule has 0 bridgehead atoms. The maximum Gasteiger partial charge on any atom is 0.241 e. The molecule has 1 amide bonds. The second-order valence-electron chi connectivity index (χ2n) is 8.12. The fraction of sp³-hybridized carbons (Fsp3) is 0.222. The molecule has 0 aliphatic carbocycles. The Kier molecular flexibility index (Phi) is 9.53. The zero-order valence-electron chi connectivity index (χ0n) is 21.5. The summed E-state index contributed by atoms with van der Waals surface area (Å²) in [5.41, 5.74) is 9.70. The van der Waals surface area contributed by atoms with Crippen LogP contribution in [0.2, 0.25) is 0 Å². The fourth-order valence-corrected chi connectivity index (χ4v) is 3.96. The third kappa shape index (κ3) is 5.99. The Morgan fingerprint density at radius 1 is 0.921 bits per heavy atom. The number of nitrogens with two attached hydrogens (primary N) is 1. The number of carbonyl (C=O) groups excluding carboxylic acids is 1. The molecule has 0 saturated heterocycles. The lowest BCUT2D eigenvalue weighted by Gasteiger charge is -2.17. The molecular weight excluding hydrogens is 510 g/mol. The van der Waals surface area contributed by atoms with Crippen molar-refractivity contribution in [2.24, 2.45) is 5.73 Å². The molecule has 1 atom stereocenters. The number of nitrogens with one attached hydrogen (secondary N) is 1. The first-order valence-electron chi connectivity index (χ1n) is 11.5. The lowest BCUT2D eigenvalue weighted by Crippen LogP contribution is -2.37. The second kappa shape index (κ2) is 12.8. The van der Waals surface area contributed by atoms with E-state index in [-0.39, 0.29) is 18.3 Å². The number of hydrogen-bond acceptors (Lipinski definition) is 8. The van der Waals surface area contributed by atoms with Crippen LogP contribution in [0.25, 0.3) is 16.9 Å². The smallest absolute Gasteiger partial charge is 0.241 e. The normalized spacial score (nSPS) is 11.2. The molecule has 1 aromatic heterocycles. The number of methoxy groups -OCH3 is 4. The van der Waals surface area contributed by atoms with E-state index < -0.39 is 6.04 Å². The van der Waals surface area contributed by atoms with Gasteiger partial charge in [0.15, 0.2) is 11.5 Å². The zero-order chi connectivity index (χ0) is 26.4. The van der Waals surface area contributed by atoms with Gasteiger partial charge >= 0.3 is 0 Å². The number of halogens is 1. The molecule has 0 radical (unpaired) electrons. The van der Waals surface area contributed by atoms with E-state index >= 15 is 0 Å². The summed E-state index contributed by atoms with van der Waals surface area (Å²) in [5, 5.41) is 11.3. The minimum absolute atomic E-state index is 0. The van der Waals surface area contributed by atoms with Gasteiger partial charge in [-0.1, -0.05) is 35.5 Å². The molecule has 4 rings (SSSR count). The Hall–Kier alpha value is -4.28. The third-order valence-electron chi connectivity index (χ3n) is 5.83. The quantitative estimate of drug-likeness (QED) is 0.311. The van der Waals surface area contributed by atoms with Crippen molar-refractivity contribution in [3.05, 3.63) is 72.4 Å². The maximum absolute atomic E-state index is 12.9. The van der Waals surface area contributed by atoms with E-state index in [0.29, 0.717) is 46.5 Å². The number of carbonyl (C=O) groups is 1. The zero-order valence-corrected chi connectivity index (χ0v) is 22.3. The summed E-state index contributed by atoms with van der Waals surface area (Å²) < 4.78 is 23.5. The van der Waals surface area contributed by atoms with Gasteiger partial charge < -0.3 is 30.0 Å². The van der Waals surface area contributed by atoms with Crippen molar-refractivity contribution < 1.29 is 23.7 Å². The van der Waals surface area contributed by atoms with Crippen molar-refractivity contribution in [3.8, 4) is 39.9 Å². The maximum atomic E-state index is 12.9. The largest absolute Gasteiger partial charge is 0.495 e. The Balaban J connectivity index is 0.00000400. The molecule has 0 saturated carbocycles. The van der Waals surface area contributed by atoms with E-state index in [2.05, 4.69) is 15.6 Å². The Labute approximate surface area is 227 Å². The summed E-state index contributed by atoms with van der Waals surface area (Å²) in [4.78, 5) is 12.9. The van der Waals surface area contributed by atoms with E-state index in [9.17, 15) is 4.79 Å². The molecule has 0 aliphatic rings. The van der Waals surface area contributed by atoms with Crippen molar-refractivity contribution in [2.75, 3.05) is 33.8 Å². The highest BCUT2D eigenvalue weighted by atomic mass is 35.5. The molecule has 4 aromatic rings. The third-order valence-corrected chi connectivity index (χ3v) is 5.83. The monoisotopic (exact) mass is 539 g/mol. The lowest BCUT2D eigenvalue weighted by atomic mass is 10.1. The number of nitrogens with zero attached hydrogens (tertiary/aromatic N) is 3. The first-order chi connectivity index (χ1) is 18.0. The molecule has 0 spiro atoms. The van der Waals surface area contributed by atoms with Crippen LogP contribution in [0.4, 0.5) is 5.69 Å². The molecule has 0 aliphatic heterocycles. The van der Waals surface area contributed by atoms with Gasteiger partial charge in [-0.05, 0) is 30.2 Å². The van der Waals surface area contributed by atoms with Crippen LogP contribution in [-0.4, -0.2) is 55.4 Å². The van der Waals surface area contributed by atoms with Gasteiger partial charge in [0.25, 0.3) is 0 Å². The molecular formula is C27H30ClN5O5. The van der Waals surface area contributed by atoms with Crippen LogP contribution in [0.5, 0.6) is 23.0 Å². The van der Waals surface area contributed by atoms with Crippen LogP contribution in [0.1, 0.15) is 5.56 Å². The molecule has 3 N–H and O–H groups in total. The molecule has 200 valence electrons. The first kappa shape index (κ1) is 28.3. The Morgan fingerprint density at radius 3 is 2.18 bits per heavy atom. The van der Waals surface area contributed by atoms with Crippen LogP contribution in [0, 0.1) is 0 Å². The highest BCUT2D eigenvalue weighted by Gasteiger charge is 2.20. The van der Waals surface area contributed by atoms with Crippen molar-refractivity contribution >= 4 is 24.0 Å². The molecule has 38 heavy (non-hydrogen) atoms. The van der Waals surface area contributed by atoms with Gasteiger partial charge in [-0.2, -0.15) is 0 Å².